The normalized spacial score (nSPS) is 15.1. The molecule has 2 aliphatic rings. The topological polar surface area (TPSA) is 38.9 Å². The van der Waals surface area contributed by atoms with Crippen molar-refractivity contribution in [3.8, 4) is 33.6 Å². The van der Waals surface area contributed by atoms with Gasteiger partial charge in [0.05, 0.1) is 5.58 Å². The van der Waals surface area contributed by atoms with Crippen molar-refractivity contribution in [1.82, 2.24) is 9.97 Å². The Labute approximate surface area is 363 Å². The molecule has 0 aliphatic heterocycles. The SMILES string of the molecule is Cc1cccc(C)c1-c1ccc2c(c1)oc1[c-]c(-c3cc(C(C)(C)C4CCCC4)ccn3)ccc12.[CH3][Ge]([CH3])([CH3])[c]1cnc(-c2[c-]cccc2)cc1CC1CCCC1.[Ir]. The van der Waals surface area contributed by atoms with Crippen LogP contribution in [0.2, 0.25) is 17.3 Å². The maximum atomic E-state index is 6.35. The second-order valence-corrected chi connectivity index (χ2v) is 29.0. The van der Waals surface area contributed by atoms with Crippen molar-refractivity contribution >= 4 is 39.6 Å². The summed E-state index contributed by atoms with van der Waals surface area (Å²) in [6.07, 6.45) is 16.4. The minimum Gasteiger partial charge on any atom is 0 e. The Morgan fingerprint density at radius 2 is 1.45 bits per heavy atom. The van der Waals surface area contributed by atoms with E-state index in [4.69, 9.17) is 14.4 Å². The zero-order chi connectivity index (χ0) is 39.7. The Hall–Kier alpha value is -3.83. The van der Waals surface area contributed by atoms with Crippen molar-refractivity contribution in [2.24, 2.45) is 11.8 Å². The molecule has 3 aromatic heterocycles. The average Bonchev–Trinajstić information content (AvgIpc) is 4.00. The second kappa shape index (κ2) is 17.8. The van der Waals surface area contributed by atoms with Crippen LogP contribution in [0.5, 0.6) is 0 Å². The van der Waals surface area contributed by atoms with Gasteiger partial charge >= 0.3 is 137 Å². The molecule has 58 heavy (non-hydrogen) atoms. The van der Waals surface area contributed by atoms with Crippen molar-refractivity contribution in [2.75, 3.05) is 0 Å². The van der Waals surface area contributed by atoms with Crippen LogP contribution in [0.1, 0.15) is 87.5 Å². The van der Waals surface area contributed by atoms with Gasteiger partial charge < -0.3 is 9.40 Å². The van der Waals surface area contributed by atoms with E-state index in [-0.39, 0.29) is 25.5 Å². The maximum Gasteiger partial charge on any atom is 0 e. The Morgan fingerprint density at radius 1 is 0.741 bits per heavy atom. The van der Waals surface area contributed by atoms with Gasteiger partial charge in [-0.1, -0.05) is 74.5 Å². The third-order valence-electron chi connectivity index (χ3n) is 13.1. The van der Waals surface area contributed by atoms with E-state index in [1.54, 1.807) is 9.96 Å². The second-order valence-electron chi connectivity index (χ2n) is 18.4. The third-order valence-corrected chi connectivity index (χ3v) is 17.4. The number of nitrogens with zero attached hydrogens (tertiary/aromatic N) is 2. The molecule has 5 heteroatoms. The van der Waals surface area contributed by atoms with Gasteiger partial charge in [-0.2, -0.15) is 0 Å². The molecular formula is C53H58GeIrN2O-2. The molecule has 0 atom stereocenters. The van der Waals surface area contributed by atoms with E-state index in [9.17, 15) is 0 Å². The third kappa shape index (κ3) is 9.00. The molecule has 0 saturated heterocycles. The van der Waals surface area contributed by atoms with E-state index in [2.05, 4.69) is 142 Å². The van der Waals surface area contributed by atoms with Crippen LogP contribution in [0.4, 0.5) is 0 Å². The van der Waals surface area contributed by atoms with Crippen molar-refractivity contribution in [3.63, 3.8) is 0 Å². The van der Waals surface area contributed by atoms with Crippen LogP contribution in [0, 0.1) is 37.8 Å². The fraction of sp³-hybridized carbons (Fsp3) is 0.358. The number of aryl methyl sites for hydroxylation is 2. The summed E-state index contributed by atoms with van der Waals surface area (Å²) < 4.78 is 7.94. The number of aromatic nitrogens is 2. The quantitative estimate of drug-likeness (QED) is 0.112. The molecule has 4 aromatic carbocycles. The molecule has 0 bridgehead atoms. The standard InChI is InChI=1S/C33H32NO.C20H26GeN.Ir/c1-21-8-7-9-22(2)32(21)24-13-15-28-27-14-12-23(18-30(27)35-31(28)19-24)29-20-26(16-17-34-29)33(3,4)25-10-5-6-11-25;1-21(2,3)19-15-22-20(17-11-5-4-6-12-17)14-18(19)13-16-9-7-8-10-16;/h7-9,12-17,19-20,25H,5-6,10-11H2,1-4H3;4-6,11,14-16H,7-10,13H2,1-3H3;/q2*-1;. The van der Waals surface area contributed by atoms with Crippen LogP contribution in [-0.2, 0) is 31.9 Å². The molecule has 0 unspecified atom stereocenters. The number of hydrogen-bond acceptors (Lipinski definition) is 3. The molecule has 3 heterocycles. The Balaban J connectivity index is 0.000000192. The van der Waals surface area contributed by atoms with Crippen LogP contribution in [0.25, 0.3) is 55.6 Å². The first-order valence-electron chi connectivity index (χ1n) is 21.3. The average molecular weight is 1000 g/mol. The molecule has 2 fully saturated rings. The van der Waals surface area contributed by atoms with Crippen molar-refractivity contribution in [3.05, 3.63) is 138 Å². The summed E-state index contributed by atoms with van der Waals surface area (Å²) in [4.78, 5) is 9.48. The Morgan fingerprint density at radius 3 is 2.16 bits per heavy atom. The van der Waals surface area contributed by atoms with E-state index in [0.29, 0.717) is 0 Å². The Kier molecular flexibility index (Phi) is 13.0. The molecule has 3 nitrogen and oxygen atoms in total. The van der Waals surface area contributed by atoms with E-state index in [1.807, 2.05) is 18.3 Å². The summed E-state index contributed by atoms with van der Waals surface area (Å²) >= 11 is -1.87. The number of pyridine rings is 2. The van der Waals surface area contributed by atoms with Crippen molar-refractivity contribution in [1.29, 1.82) is 0 Å². The summed E-state index contributed by atoms with van der Waals surface area (Å²) in [6.45, 7) is 9.12. The largest absolute Gasteiger partial charge is 0 e. The molecule has 1 radical (unpaired) electrons. The van der Waals surface area contributed by atoms with Crippen molar-refractivity contribution < 1.29 is 24.5 Å². The zero-order valence-corrected chi connectivity index (χ0v) is 40.0. The molecule has 0 spiro atoms. The minimum atomic E-state index is -1.87. The number of furan rings is 1. The summed E-state index contributed by atoms with van der Waals surface area (Å²) in [5.41, 5.74) is 14.0. The van der Waals surface area contributed by atoms with Gasteiger partial charge in [-0.3, -0.25) is 0 Å². The Bertz CT molecular complexity index is 2480. The van der Waals surface area contributed by atoms with Crippen LogP contribution < -0.4 is 4.40 Å². The molecule has 7 aromatic rings. The predicted octanol–water partition coefficient (Wildman–Crippen LogP) is 14.0. The van der Waals surface area contributed by atoms with E-state index >= 15 is 0 Å². The predicted molar refractivity (Wildman–Crippen MR) is 243 cm³/mol. The van der Waals surface area contributed by atoms with Gasteiger partial charge in [-0.05, 0) is 89.1 Å². The first-order valence-corrected chi connectivity index (χ1v) is 28.7. The van der Waals surface area contributed by atoms with Gasteiger partial charge in [0.1, 0.15) is 5.58 Å². The van der Waals surface area contributed by atoms with Gasteiger partial charge in [0, 0.05) is 26.3 Å². The summed E-state index contributed by atoms with van der Waals surface area (Å²) in [5.74, 6) is 9.06. The molecule has 301 valence electrons. The zero-order valence-electron chi connectivity index (χ0n) is 35.5. The summed E-state index contributed by atoms with van der Waals surface area (Å²) in [7, 11) is 0. The first kappa shape index (κ1) is 42.3. The van der Waals surface area contributed by atoms with Gasteiger partial charge in [-0.15, -0.1) is 17.7 Å². The summed E-state index contributed by atoms with van der Waals surface area (Å²) in [6, 6.07) is 39.1. The van der Waals surface area contributed by atoms with Gasteiger partial charge in [-0.25, -0.2) is 0 Å². The number of hydrogen-bond donors (Lipinski definition) is 0. The number of benzene rings is 4. The van der Waals surface area contributed by atoms with Gasteiger partial charge in [0.2, 0.25) is 0 Å². The molecule has 9 rings (SSSR count). The van der Waals surface area contributed by atoms with E-state index < -0.39 is 13.3 Å². The minimum absolute atomic E-state index is 0. The first-order chi connectivity index (χ1) is 27.5. The van der Waals surface area contributed by atoms with Crippen molar-refractivity contribution in [2.45, 2.75) is 108 Å². The number of rotatable bonds is 8. The summed E-state index contributed by atoms with van der Waals surface area (Å²) in [5, 5.41) is 2.22. The molecule has 0 N–H and O–H groups in total. The fourth-order valence-electron chi connectivity index (χ4n) is 9.71. The fourth-order valence-corrected chi connectivity index (χ4v) is 13.0. The van der Waals surface area contributed by atoms with Crippen LogP contribution in [-0.4, -0.2) is 23.2 Å². The van der Waals surface area contributed by atoms with Crippen LogP contribution in [0.3, 0.4) is 0 Å². The monoisotopic (exact) mass is 1010 g/mol. The molecule has 2 aliphatic carbocycles. The molecular weight excluding hydrogens is 945 g/mol. The van der Waals surface area contributed by atoms with Crippen LogP contribution >= 0.6 is 0 Å². The molecule has 2 saturated carbocycles. The smallest absolute Gasteiger partial charge is 0 e. The number of fused-ring (bicyclic) bond motifs is 3. The van der Waals surface area contributed by atoms with Crippen LogP contribution in [0.15, 0.2) is 108 Å². The van der Waals surface area contributed by atoms with E-state index in [1.165, 1.54) is 85.6 Å². The van der Waals surface area contributed by atoms with E-state index in [0.717, 1.165) is 56.3 Å². The van der Waals surface area contributed by atoms with Gasteiger partial charge in [0.15, 0.2) is 0 Å². The maximum absolute atomic E-state index is 6.35. The van der Waals surface area contributed by atoms with Gasteiger partial charge in [0.25, 0.3) is 0 Å². The molecule has 0 amide bonds.